The van der Waals surface area contributed by atoms with E-state index in [0.717, 1.165) is 29.3 Å². The molecule has 1 aliphatic rings. The van der Waals surface area contributed by atoms with Gasteiger partial charge in [-0.3, -0.25) is 9.59 Å². The number of hydrogen-bond acceptors (Lipinski definition) is 3. The minimum Gasteiger partial charge on any atom is -0.361 e. The van der Waals surface area contributed by atoms with Crippen molar-refractivity contribution in [2.45, 2.75) is 32.6 Å². The van der Waals surface area contributed by atoms with Crippen molar-refractivity contribution >= 4 is 16.8 Å². The number of rotatable bonds is 2. The third kappa shape index (κ3) is 3.00. The number of piperidine rings is 1. The van der Waals surface area contributed by atoms with Gasteiger partial charge >= 0.3 is 0 Å². The van der Waals surface area contributed by atoms with Crippen molar-refractivity contribution in [3.05, 3.63) is 63.0 Å². The molecule has 4 rings (SSSR count). The van der Waals surface area contributed by atoms with Gasteiger partial charge in [-0.05, 0) is 61.9 Å². The molecule has 0 spiro atoms. The number of carbonyl (C=O) groups is 1. The van der Waals surface area contributed by atoms with E-state index in [4.69, 9.17) is 0 Å². The number of H-pyrrole nitrogens is 1. The molecule has 146 valence electrons. The first kappa shape index (κ1) is 18.4. The standard InChI is InChI=1S/C21H23FN4O2/c1-12-13(2)24-25(3)20(27)19(12)21(28)26-8-6-14(7-9-26)17-11-23-18-5-4-15(22)10-16(17)18/h4-5,10-11,14,23H,6-9H2,1-3H3. The minimum absolute atomic E-state index is 0.211. The number of fused-ring (bicyclic) bond motifs is 1. The van der Waals surface area contributed by atoms with Crippen LogP contribution in [-0.4, -0.2) is 38.7 Å². The molecule has 3 aromatic rings. The van der Waals surface area contributed by atoms with E-state index < -0.39 is 0 Å². The van der Waals surface area contributed by atoms with E-state index in [1.807, 2.05) is 6.20 Å². The quantitative estimate of drug-likeness (QED) is 0.741. The van der Waals surface area contributed by atoms with Crippen molar-refractivity contribution in [2.75, 3.05) is 13.1 Å². The predicted molar refractivity (Wildman–Crippen MR) is 105 cm³/mol. The summed E-state index contributed by atoms with van der Waals surface area (Å²) >= 11 is 0. The number of likely N-dealkylation sites (tertiary alicyclic amines) is 1. The number of amides is 1. The fourth-order valence-corrected chi connectivity index (χ4v) is 4.10. The van der Waals surface area contributed by atoms with Crippen LogP contribution >= 0.6 is 0 Å². The molecule has 1 saturated heterocycles. The van der Waals surface area contributed by atoms with Gasteiger partial charge in [0.15, 0.2) is 0 Å². The Morgan fingerprint density at radius 1 is 1.25 bits per heavy atom. The summed E-state index contributed by atoms with van der Waals surface area (Å²) in [6, 6.07) is 4.76. The highest BCUT2D eigenvalue weighted by Gasteiger charge is 2.29. The second-order valence-electron chi connectivity index (χ2n) is 7.51. The van der Waals surface area contributed by atoms with E-state index in [9.17, 15) is 14.0 Å². The molecule has 1 fully saturated rings. The smallest absolute Gasteiger partial charge is 0.279 e. The lowest BCUT2D eigenvalue weighted by Gasteiger charge is -2.32. The third-order valence-electron chi connectivity index (χ3n) is 5.84. The molecule has 2 aromatic heterocycles. The van der Waals surface area contributed by atoms with Crippen molar-refractivity contribution < 1.29 is 9.18 Å². The zero-order valence-corrected chi connectivity index (χ0v) is 16.3. The number of aromatic nitrogens is 3. The fourth-order valence-electron chi connectivity index (χ4n) is 4.10. The molecule has 0 atom stereocenters. The summed E-state index contributed by atoms with van der Waals surface area (Å²) in [6.45, 7) is 4.70. The lowest BCUT2D eigenvalue weighted by atomic mass is 9.89. The van der Waals surface area contributed by atoms with E-state index in [2.05, 4.69) is 10.1 Å². The van der Waals surface area contributed by atoms with Crippen molar-refractivity contribution in [1.29, 1.82) is 0 Å². The van der Waals surface area contributed by atoms with Crippen molar-refractivity contribution in [3.63, 3.8) is 0 Å². The molecule has 0 bridgehead atoms. The molecule has 0 unspecified atom stereocenters. The summed E-state index contributed by atoms with van der Waals surface area (Å²) in [5.41, 5.74) is 3.18. The average molecular weight is 382 g/mol. The molecule has 6 nitrogen and oxygen atoms in total. The summed E-state index contributed by atoms with van der Waals surface area (Å²) < 4.78 is 14.9. The van der Waals surface area contributed by atoms with E-state index in [0.29, 0.717) is 24.3 Å². The summed E-state index contributed by atoms with van der Waals surface area (Å²) in [5.74, 6) is -0.227. The molecular formula is C21H23FN4O2. The van der Waals surface area contributed by atoms with Crippen molar-refractivity contribution in [3.8, 4) is 0 Å². The topological polar surface area (TPSA) is 71.0 Å². The first-order valence-corrected chi connectivity index (χ1v) is 9.47. The second kappa shape index (κ2) is 6.89. The lowest BCUT2D eigenvalue weighted by molar-refractivity contribution is 0.0709. The van der Waals surface area contributed by atoms with Gasteiger partial charge in [0.2, 0.25) is 0 Å². The largest absolute Gasteiger partial charge is 0.361 e. The highest BCUT2D eigenvalue weighted by Crippen LogP contribution is 2.33. The Morgan fingerprint density at radius 2 is 1.96 bits per heavy atom. The van der Waals surface area contributed by atoms with Gasteiger partial charge in [-0.2, -0.15) is 5.10 Å². The Bertz CT molecular complexity index is 1120. The Hall–Kier alpha value is -2.96. The monoisotopic (exact) mass is 382 g/mol. The molecule has 1 amide bonds. The van der Waals surface area contributed by atoms with E-state index in [1.54, 1.807) is 37.9 Å². The van der Waals surface area contributed by atoms with Crippen molar-refractivity contribution in [1.82, 2.24) is 19.7 Å². The molecule has 1 aromatic carbocycles. The normalized spacial score (nSPS) is 15.4. The maximum absolute atomic E-state index is 13.7. The Labute approximate surface area is 162 Å². The number of hydrogen-bond donors (Lipinski definition) is 1. The molecule has 0 saturated carbocycles. The predicted octanol–water partition coefficient (Wildman–Crippen LogP) is 3.04. The Kier molecular flexibility index (Phi) is 4.53. The summed E-state index contributed by atoms with van der Waals surface area (Å²) in [5, 5.41) is 5.04. The Balaban J connectivity index is 1.55. The summed E-state index contributed by atoms with van der Waals surface area (Å²) in [7, 11) is 1.56. The first-order valence-electron chi connectivity index (χ1n) is 9.47. The van der Waals surface area contributed by atoms with Crippen LogP contribution in [0.2, 0.25) is 0 Å². The molecule has 0 aliphatic carbocycles. The molecular weight excluding hydrogens is 359 g/mol. The van der Waals surface area contributed by atoms with Crippen LogP contribution in [0.15, 0.2) is 29.2 Å². The van der Waals surface area contributed by atoms with Gasteiger partial charge in [-0.25, -0.2) is 9.07 Å². The number of aromatic amines is 1. The zero-order valence-electron chi connectivity index (χ0n) is 16.3. The molecule has 28 heavy (non-hydrogen) atoms. The van der Waals surface area contributed by atoms with E-state index >= 15 is 0 Å². The van der Waals surface area contributed by atoms with Crippen LogP contribution in [0, 0.1) is 19.7 Å². The third-order valence-corrected chi connectivity index (χ3v) is 5.84. The number of nitrogens with one attached hydrogen (secondary N) is 1. The number of carbonyl (C=O) groups excluding carboxylic acids is 1. The van der Waals surface area contributed by atoms with Gasteiger partial charge < -0.3 is 9.88 Å². The van der Waals surface area contributed by atoms with Crippen LogP contribution < -0.4 is 5.56 Å². The molecule has 1 aliphatic heterocycles. The van der Waals surface area contributed by atoms with Gasteiger partial charge in [0, 0.05) is 37.2 Å². The number of benzene rings is 1. The first-order chi connectivity index (χ1) is 13.4. The zero-order chi connectivity index (χ0) is 20.0. The van der Waals surface area contributed by atoms with Gasteiger partial charge in [0.1, 0.15) is 11.4 Å². The van der Waals surface area contributed by atoms with Crippen LogP contribution in [-0.2, 0) is 7.05 Å². The van der Waals surface area contributed by atoms with E-state index in [1.165, 1.54) is 10.7 Å². The van der Waals surface area contributed by atoms with Crippen LogP contribution in [0.25, 0.3) is 10.9 Å². The van der Waals surface area contributed by atoms with Crippen LogP contribution in [0.4, 0.5) is 4.39 Å². The minimum atomic E-state index is -0.359. The van der Waals surface area contributed by atoms with Crippen molar-refractivity contribution in [2.24, 2.45) is 7.05 Å². The second-order valence-corrected chi connectivity index (χ2v) is 7.51. The number of nitrogens with zero attached hydrogens (tertiary/aromatic N) is 3. The van der Waals surface area contributed by atoms with Gasteiger partial charge in [-0.1, -0.05) is 0 Å². The maximum atomic E-state index is 13.7. The van der Waals surface area contributed by atoms with Gasteiger partial charge in [-0.15, -0.1) is 0 Å². The Morgan fingerprint density at radius 3 is 2.68 bits per heavy atom. The number of halogens is 1. The van der Waals surface area contributed by atoms with Crippen LogP contribution in [0.1, 0.15) is 45.9 Å². The highest BCUT2D eigenvalue weighted by molar-refractivity contribution is 5.95. The van der Waals surface area contributed by atoms with Crippen LogP contribution in [0.3, 0.4) is 0 Å². The molecule has 3 heterocycles. The van der Waals surface area contributed by atoms with Crippen LogP contribution in [0.5, 0.6) is 0 Å². The SMILES string of the molecule is Cc1nn(C)c(=O)c(C(=O)N2CCC(c3c[nH]c4ccc(F)cc34)CC2)c1C. The maximum Gasteiger partial charge on any atom is 0.279 e. The fraction of sp³-hybridized carbons (Fsp3) is 0.381. The van der Waals surface area contributed by atoms with Gasteiger partial charge in [0.05, 0.1) is 5.69 Å². The molecule has 0 radical (unpaired) electrons. The average Bonchev–Trinajstić information content (AvgIpc) is 3.09. The highest BCUT2D eigenvalue weighted by atomic mass is 19.1. The summed E-state index contributed by atoms with van der Waals surface area (Å²) in [6.07, 6.45) is 3.50. The van der Waals surface area contributed by atoms with E-state index in [-0.39, 0.29) is 28.8 Å². The molecule has 7 heteroatoms. The summed E-state index contributed by atoms with van der Waals surface area (Å²) in [4.78, 5) is 30.4. The lowest BCUT2D eigenvalue weighted by Crippen LogP contribution is -2.42. The van der Waals surface area contributed by atoms with Gasteiger partial charge in [0.25, 0.3) is 11.5 Å². The number of aryl methyl sites for hydroxylation is 2. The molecule has 1 N–H and O–H groups in total.